The van der Waals surface area contributed by atoms with Gasteiger partial charge in [0.25, 0.3) is 0 Å². The van der Waals surface area contributed by atoms with E-state index in [1.165, 1.54) is 7.11 Å². The van der Waals surface area contributed by atoms with Crippen LogP contribution in [0, 0.1) is 0 Å². The Morgan fingerprint density at radius 2 is 2.11 bits per heavy atom. The predicted octanol–water partition coefficient (Wildman–Crippen LogP) is 1.27. The van der Waals surface area contributed by atoms with E-state index in [9.17, 15) is 4.79 Å². The maximum absolute atomic E-state index is 11.3. The molecule has 5 heteroatoms. The number of ether oxygens (including phenoxy) is 3. The lowest BCUT2D eigenvalue weighted by molar-refractivity contribution is -0.142. The fourth-order valence-corrected chi connectivity index (χ4v) is 1.77. The summed E-state index contributed by atoms with van der Waals surface area (Å²) < 4.78 is 15.3. The monoisotopic (exact) mass is 267 g/mol. The summed E-state index contributed by atoms with van der Waals surface area (Å²) in [7, 11) is 2.95. The van der Waals surface area contributed by atoms with Crippen LogP contribution in [0.2, 0.25) is 0 Å². The van der Waals surface area contributed by atoms with Gasteiger partial charge in [0, 0.05) is 12.2 Å². The van der Waals surface area contributed by atoms with Crippen LogP contribution in [-0.4, -0.2) is 32.8 Å². The standard InChI is InChI=1S/C14H21NO4/c1-4-19-9-11-7-10(5-6-13(11)17-2)8-12(15)14(16)18-3/h5-7,12H,4,8-9,15H2,1-3H3. The molecule has 0 amide bonds. The van der Waals surface area contributed by atoms with Gasteiger partial charge in [0.05, 0.1) is 20.8 Å². The van der Waals surface area contributed by atoms with Crippen LogP contribution in [0.15, 0.2) is 18.2 Å². The first-order valence-electron chi connectivity index (χ1n) is 6.19. The van der Waals surface area contributed by atoms with Gasteiger partial charge in [0.2, 0.25) is 0 Å². The Morgan fingerprint density at radius 3 is 2.68 bits per heavy atom. The Hall–Kier alpha value is -1.59. The number of rotatable bonds is 7. The minimum absolute atomic E-state index is 0.415. The summed E-state index contributed by atoms with van der Waals surface area (Å²) in [6, 6.07) is 5.03. The Labute approximate surface area is 113 Å². The molecule has 0 heterocycles. The summed E-state index contributed by atoms with van der Waals surface area (Å²) in [5.74, 6) is 0.353. The fraction of sp³-hybridized carbons (Fsp3) is 0.500. The molecule has 1 aromatic carbocycles. The molecule has 1 aromatic rings. The van der Waals surface area contributed by atoms with Crippen LogP contribution in [0.4, 0.5) is 0 Å². The molecule has 1 rings (SSSR count). The van der Waals surface area contributed by atoms with E-state index in [1.807, 2.05) is 25.1 Å². The third kappa shape index (κ3) is 4.54. The van der Waals surface area contributed by atoms with Crippen molar-refractivity contribution in [2.45, 2.75) is 26.0 Å². The van der Waals surface area contributed by atoms with Crippen LogP contribution in [0.1, 0.15) is 18.1 Å². The largest absolute Gasteiger partial charge is 0.496 e. The van der Waals surface area contributed by atoms with Gasteiger partial charge in [-0.15, -0.1) is 0 Å². The summed E-state index contributed by atoms with van der Waals surface area (Å²) in [6.45, 7) is 3.04. The van der Waals surface area contributed by atoms with Crippen LogP contribution >= 0.6 is 0 Å². The average molecular weight is 267 g/mol. The summed E-state index contributed by atoms with van der Waals surface area (Å²) >= 11 is 0. The Morgan fingerprint density at radius 1 is 1.37 bits per heavy atom. The van der Waals surface area contributed by atoms with Gasteiger partial charge in [-0.05, 0) is 31.0 Å². The summed E-state index contributed by atoms with van der Waals surface area (Å²) in [5.41, 5.74) is 7.64. The van der Waals surface area contributed by atoms with Gasteiger partial charge in [0.15, 0.2) is 0 Å². The smallest absolute Gasteiger partial charge is 0.322 e. The quantitative estimate of drug-likeness (QED) is 0.753. The maximum Gasteiger partial charge on any atom is 0.322 e. The summed E-state index contributed by atoms with van der Waals surface area (Å²) in [5, 5.41) is 0. The highest BCUT2D eigenvalue weighted by Crippen LogP contribution is 2.21. The first-order valence-corrected chi connectivity index (χ1v) is 6.19. The molecule has 19 heavy (non-hydrogen) atoms. The zero-order chi connectivity index (χ0) is 14.3. The number of carbonyl (C=O) groups is 1. The second-order valence-electron chi connectivity index (χ2n) is 4.12. The molecule has 0 aliphatic rings. The first kappa shape index (κ1) is 15.5. The van der Waals surface area contributed by atoms with E-state index in [-0.39, 0.29) is 0 Å². The van der Waals surface area contributed by atoms with Crippen LogP contribution in [0.3, 0.4) is 0 Å². The molecule has 0 aliphatic heterocycles. The highest BCUT2D eigenvalue weighted by atomic mass is 16.5. The predicted molar refractivity (Wildman–Crippen MR) is 72.0 cm³/mol. The molecule has 0 bridgehead atoms. The van der Waals surface area contributed by atoms with Crippen molar-refractivity contribution < 1.29 is 19.0 Å². The number of methoxy groups -OCH3 is 2. The van der Waals surface area contributed by atoms with Crippen molar-refractivity contribution in [3.63, 3.8) is 0 Å². The molecule has 2 N–H and O–H groups in total. The third-order valence-electron chi connectivity index (χ3n) is 2.77. The SMILES string of the molecule is CCOCc1cc(CC(N)C(=O)OC)ccc1OC. The molecule has 0 radical (unpaired) electrons. The van der Waals surface area contributed by atoms with Gasteiger partial charge in [-0.2, -0.15) is 0 Å². The van der Waals surface area contributed by atoms with Crippen molar-refractivity contribution in [3.8, 4) is 5.75 Å². The topological polar surface area (TPSA) is 70.8 Å². The van der Waals surface area contributed by atoms with Gasteiger partial charge in [-0.1, -0.05) is 6.07 Å². The van der Waals surface area contributed by atoms with Crippen LogP contribution in [0.25, 0.3) is 0 Å². The van der Waals surface area contributed by atoms with Crippen LogP contribution < -0.4 is 10.5 Å². The van der Waals surface area contributed by atoms with Crippen LogP contribution in [-0.2, 0) is 27.3 Å². The third-order valence-corrected chi connectivity index (χ3v) is 2.77. The lowest BCUT2D eigenvalue weighted by Gasteiger charge is -2.13. The number of esters is 1. The van der Waals surface area contributed by atoms with E-state index in [2.05, 4.69) is 4.74 Å². The number of hydrogen-bond donors (Lipinski definition) is 1. The van der Waals surface area contributed by atoms with Gasteiger partial charge < -0.3 is 19.9 Å². The zero-order valence-corrected chi connectivity index (χ0v) is 11.6. The van der Waals surface area contributed by atoms with Crippen molar-refractivity contribution in [1.82, 2.24) is 0 Å². The molecular formula is C14H21NO4. The number of nitrogens with two attached hydrogens (primary N) is 1. The second kappa shape index (κ2) is 7.76. The molecule has 0 aliphatic carbocycles. The molecule has 1 atom stereocenters. The first-order chi connectivity index (χ1) is 9.12. The Kier molecular flexibility index (Phi) is 6.32. The molecule has 1 unspecified atom stereocenters. The lowest BCUT2D eigenvalue weighted by Crippen LogP contribution is -2.33. The van der Waals surface area contributed by atoms with Crippen molar-refractivity contribution >= 4 is 5.97 Å². The number of benzene rings is 1. The van der Waals surface area contributed by atoms with Crippen molar-refractivity contribution in [2.24, 2.45) is 5.73 Å². The molecule has 0 aromatic heterocycles. The van der Waals surface area contributed by atoms with E-state index >= 15 is 0 Å². The second-order valence-corrected chi connectivity index (χ2v) is 4.12. The zero-order valence-electron chi connectivity index (χ0n) is 11.6. The van der Waals surface area contributed by atoms with Crippen LogP contribution in [0.5, 0.6) is 5.75 Å². The summed E-state index contributed by atoms with van der Waals surface area (Å²) in [4.78, 5) is 11.3. The summed E-state index contributed by atoms with van der Waals surface area (Å²) in [6.07, 6.45) is 0.426. The van der Waals surface area contributed by atoms with Gasteiger partial charge in [-0.25, -0.2) is 0 Å². The van der Waals surface area contributed by atoms with Crippen molar-refractivity contribution in [1.29, 1.82) is 0 Å². The van der Waals surface area contributed by atoms with Gasteiger partial charge in [-0.3, -0.25) is 4.79 Å². The van der Waals surface area contributed by atoms with Gasteiger partial charge >= 0.3 is 5.97 Å². The lowest BCUT2D eigenvalue weighted by atomic mass is 10.0. The van der Waals surface area contributed by atoms with E-state index in [1.54, 1.807) is 7.11 Å². The van der Waals surface area contributed by atoms with Crippen molar-refractivity contribution in [2.75, 3.05) is 20.8 Å². The maximum atomic E-state index is 11.3. The van der Waals surface area contributed by atoms with E-state index in [0.717, 1.165) is 16.9 Å². The molecule has 0 saturated heterocycles. The van der Waals surface area contributed by atoms with Gasteiger partial charge in [0.1, 0.15) is 11.8 Å². The van der Waals surface area contributed by atoms with E-state index < -0.39 is 12.0 Å². The normalized spacial score (nSPS) is 12.0. The number of carbonyl (C=O) groups excluding carboxylic acids is 1. The fourth-order valence-electron chi connectivity index (χ4n) is 1.77. The molecule has 5 nitrogen and oxygen atoms in total. The molecule has 0 saturated carbocycles. The molecule has 106 valence electrons. The highest BCUT2D eigenvalue weighted by Gasteiger charge is 2.15. The van der Waals surface area contributed by atoms with Crippen molar-refractivity contribution in [3.05, 3.63) is 29.3 Å². The highest BCUT2D eigenvalue weighted by molar-refractivity contribution is 5.75. The van der Waals surface area contributed by atoms with E-state index in [0.29, 0.717) is 19.6 Å². The minimum atomic E-state index is -0.654. The van der Waals surface area contributed by atoms with E-state index in [4.69, 9.17) is 15.2 Å². The minimum Gasteiger partial charge on any atom is -0.496 e. The average Bonchev–Trinajstić information content (AvgIpc) is 2.44. The molecule has 0 spiro atoms. The molecular weight excluding hydrogens is 246 g/mol. The number of hydrogen-bond acceptors (Lipinski definition) is 5. The Balaban J connectivity index is 2.82. The Bertz CT molecular complexity index is 420. The molecule has 0 fully saturated rings.